The van der Waals surface area contributed by atoms with E-state index in [0.29, 0.717) is 5.91 Å². The van der Waals surface area contributed by atoms with Crippen molar-refractivity contribution in [2.24, 2.45) is 5.41 Å². The Morgan fingerprint density at radius 2 is 1.80 bits per heavy atom. The van der Waals surface area contributed by atoms with E-state index in [9.17, 15) is 4.79 Å². The van der Waals surface area contributed by atoms with E-state index in [1.807, 2.05) is 0 Å². The molecule has 2 saturated carbocycles. The average Bonchev–Trinajstić information content (AvgIpc) is 3.00. The van der Waals surface area contributed by atoms with Crippen molar-refractivity contribution in [3.05, 3.63) is 0 Å². The second kappa shape index (κ2) is 4.08. The summed E-state index contributed by atoms with van der Waals surface area (Å²) in [5.41, 5.74) is 0.0214. The number of carbonyl (C=O) groups is 1. The number of nitrogens with one attached hydrogen (secondary N) is 1. The molecule has 0 atom stereocenters. The number of alkyl halides is 1. The van der Waals surface area contributed by atoms with E-state index in [4.69, 9.17) is 0 Å². The van der Waals surface area contributed by atoms with Crippen LogP contribution in [0, 0.1) is 5.41 Å². The Labute approximate surface area is 100 Å². The lowest BCUT2D eigenvalue weighted by Gasteiger charge is -2.33. The molecule has 15 heavy (non-hydrogen) atoms. The summed E-state index contributed by atoms with van der Waals surface area (Å²) in [6, 6.07) is 0. The summed E-state index contributed by atoms with van der Waals surface area (Å²) in [5, 5.41) is 4.15. The van der Waals surface area contributed by atoms with Crippen molar-refractivity contribution in [1.29, 1.82) is 0 Å². The van der Waals surface area contributed by atoms with Crippen molar-refractivity contribution in [2.75, 3.05) is 5.33 Å². The Morgan fingerprint density at radius 1 is 1.20 bits per heavy atom. The van der Waals surface area contributed by atoms with Gasteiger partial charge in [-0.15, -0.1) is 0 Å². The largest absolute Gasteiger partial charge is 0.349 e. The summed E-state index contributed by atoms with van der Waals surface area (Å²) in [5.74, 6) is 0.291. The third-order valence-electron chi connectivity index (χ3n) is 3.99. The Morgan fingerprint density at radius 3 is 2.27 bits per heavy atom. The van der Waals surface area contributed by atoms with Crippen LogP contribution in [-0.4, -0.2) is 16.8 Å². The van der Waals surface area contributed by atoms with E-state index in [1.54, 1.807) is 0 Å². The molecule has 0 aromatic rings. The van der Waals surface area contributed by atoms with Crippen molar-refractivity contribution in [2.45, 2.75) is 57.4 Å². The van der Waals surface area contributed by atoms with E-state index in [2.05, 4.69) is 28.2 Å². The Hall–Kier alpha value is -0.0500. The fourth-order valence-electron chi connectivity index (χ4n) is 2.39. The number of halogens is 1. The van der Waals surface area contributed by atoms with Gasteiger partial charge in [0.25, 0.3) is 0 Å². The van der Waals surface area contributed by atoms with Crippen LogP contribution in [0.5, 0.6) is 0 Å². The van der Waals surface area contributed by atoms with Gasteiger partial charge in [0, 0.05) is 16.3 Å². The molecule has 2 rings (SSSR count). The van der Waals surface area contributed by atoms with Gasteiger partial charge in [0.2, 0.25) is 5.91 Å². The van der Waals surface area contributed by atoms with Gasteiger partial charge in [0.1, 0.15) is 0 Å². The smallest absolute Gasteiger partial charge is 0.226 e. The molecule has 2 fully saturated rings. The molecule has 1 N–H and O–H groups in total. The van der Waals surface area contributed by atoms with Gasteiger partial charge in [-0.2, -0.15) is 0 Å². The topological polar surface area (TPSA) is 29.1 Å². The first-order chi connectivity index (χ1) is 7.10. The summed E-state index contributed by atoms with van der Waals surface area (Å²) < 4.78 is 0. The summed E-state index contributed by atoms with van der Waals surface area (Å²) in [7, 11) is 0. The first-order valence-corrected chi connectivity index (χ1v) is 7.11. The highest BCUT2D eigenvalue weighted by Gasteiger charge is 2.46. The molecule has 0 bridgehead atoms. The predicted molar refractivity (Wildman–Crippen MR) is 65.1 cm³/mol. The van der Waals surface area contributed by atoms with Crippen LogP contribution >= 0.6 is 15.9 Å². The molecule has 0 aromatic heterocycles. The van der Waals surface area contributed by atoms with E-state index >= 15 is 0 Å². The summed E-state index contributed by atoms with van der Waals surface area (Å²) >= 11 is 3.49. The second-order valence-electron chi connectivity index (χ2n) is 5.49. The van der Waals surface area contributed by atoms with E-state index in [1.165, 1.54) is 19.3 Å². The molecule has 2 aliphatic rings. The van der Waals surface area contributed by atoms with Crippen molar-refractivity contribution < 1.29 is 4.79 Å². The number of carbonyl (C=O) groups excluding carboxylic acids is 1. The van der Waals surface area contributed by atoms with E-state index in [-0.39, 0.29) is 11.0 Å². The predicted octanol–water partition coefficient (Wildman–Crippen LogP) is 3.00. The third-order valence-corrected chi connectivity index (χ3v) is 5.07. The first kappa shape index (κ1) is 11.4. The fourth-order valence-corrected chi connectivity index (χ4v) is 3.09. The van der Waals surface area contributed by atoms with Gasteiger partial charge in [0.15, 0.2) is 0 Å². The number of amides is 1. The van der Waals surface area contributed by atoms with Gasteiger partial charge in [-0.05, 0) is 25.7 Å². The van der Waals surface area contributed by atoms with Crippen molar-refractivity contribution in [3.8, 4) is 0 Å². The zero-order valence-corrected chi connectivity index (χ0v) is 11.0. The lowest BCUT2D eigenvalue weighted by atomic mass is 9.75. The molecule has 1 amide bonds. The van der Waals surface area contributed by atoms with Gasteiger partial charge in [-0.25, -0.2) is 0 Å². The Balaban J connectivity index is 1.94. The van der Waals surface area contributed by atoms with Gasteiger partial charge < -0.3 is 5.32 Å². The van der Waals surface area contributed by atoms with Gasteiger partial charge >= 0.3 is 0 Å². The van der Waals surface area contributed by atoms with Crippen molar-refractivity contribution in [3.63, 3.8) is 0 Å². The lowest BCUT2D eigenvalue weighted by molar-refractivity contribution is -0.132. The molecule has 86 valence electrons. The monoisotopic (exact) mass is 273 g/mol. The van der Waals surface area contributed by atoms with Crippen molar-refractivity contribution in [1.82, 2.24) is 5.32 Å². The fraction of sp³-hybridized carbons (Fsp3) is 0.917. The van der Waals surface area contributed by atoms with E-state index < -0.39 is 0 Å². The van der Waals surface area contributed by atoms with Gasteiger partial charge in [-0.3, -0.25) is 4.79 Å². The molecular weight excluding hydrogens is 254 g/mol. The van der Waals surface area contributed by atoms with Crippen LogP contribution in [-0.2, 0) is 4.79 Å². The van der Waals surface area contributed by atoms with E-state index in [0.717, 1.165) is 31.0 Å². The molecular formula is C12H20BrNO. The van der Waals surface area contributed by atoms with Crippen LogP contribution in [0.4, 0.5) is 0 Å². The number of rotatable bonds is 3. The highest BCUT2D eigenvalue weighted by atomic mass is 79.9. The molecule has 0 radical (unpaired) electrons. The second-order valence-corrected chi connectivity index (χ2v) is 6.05. The lowest BCUT2D eigenvalue weighted by Crippen LogP contribution is -2.47. The van der Waals surface area contributed by atoms with Gasteiger partial charge in [0.05, 0.1) is 0 Å². The van der Waals surface area contributed by atoms with Crippen LogP contribution < -0.4 is 5.32 Å². The van der Waals surface area contributed by atoms with Crippen LogP contribution in [0.2, 0.25) is 0 Å². The first-order valence-electron chi connectivity index (χ1n) is 5.99. The summed E-state index contributed by atoms with van der Waals surface area (Å²) in [6.45, 7) is 2.13. The molecule has 3 heteroatoms. The quantitative estimate of drug-likeness (QED) is 0.787. The molecule has 0 saturated heterocycles. The molecule has 2 nitrogen and oxygen atoms in total. The Kier molecular flexibility index (Phi) is 3.11. The maximum absolute atomic E-state index is 12.2. The van der Waals surface area contributed by atoms with Gasteiger partial charge in [-0.1, -0.05) is 42.1 Å². The minimum atomic E-state index is -0.0873. The average molecular weight is 274 g/mol. The summed E-state index contributed by atoms with van der Waals surface area (Å²) in [4.78, 5) is 12.2. The molecule has 0 spiro atoms. The summed E-state index contributed by atoms with van der Waals surface area (Å²) in [6.07, 6.45) is 8.14. The standard InChI is InChI=1S/C12H20BrNO/c1-11(5-3-2-4-6-11)10(15)14-12(9-13)7-8-12/h2-9H2,1H3,(H,14,15). The van der Waals surface area contributed by atoms with Crippen LogP contribution in [0.25, 0.3) is 0 Å². The zero-order chi connectivity index (χ0) is 10.9. The maximum Gasteiger partial charge on any atom is 0.226 e. The Bertz CT molecular complexity index is 254. The zero-order valence-electron chi connectivity index (χ0n) is 9.44. The third kappa shape index (κ3) is 2.38. The molecule has 0 aliphatic heterocycles. The normalized spacial score (nSPS) is 27.1. The molecule has 0 unspecified atom stereocenters. The SMILES string of the molecule is CC1(C(=O)NC2(CBr)CC2)CCCCC1. The van der Waals surface area contributed by atoms with Crippen molar-refractivity contribution >= 4 is 21.8 Å². The highest BCUT2D eigenvalue weighted by Crippen LogP contribution is 2.41. The molecule has 2 aliphatic carbocycles. The number of hydrogen-bond acceptors (Lipinski definition) is 1. The molecule has 0 heterocycles. The highest BCUT2D eigenvalue weighted by molar-refractivity contribution is 9.09. The number of hydrogen-bond donors (Lipinski definition) is 1. The molecule has 0 aromatic carbocycles. The minimum Gasteiger partial charge on any atom is -0.349 e. The maximum atomic E-state index is 12.2. The van der Waals surface area contributed by atoms with Crippen LogP contribution in [0.15, 0.2) is 0 Å². The van der Waals surface area contributed by atoms with Crippen LogP contribution in [0.3, 0.4) is 0 Å². The minimum absolute atomic E-state index is 0.0873. The van der Waals surface area contributed by atoms with Crippen LogP contribution in [0.1, 0.15) is 51.9 Å².